The number of hydrogen-bond donors (Lipinski definition) is 1. The van der Waals surface area contributed by atoms with Crippen LogP contribution in [0.4, 0.5) is 11.4 Å². The van der Waals surface area contributed by atoms with Crippen LogP contribution in [0, 0.1) is 29.9 Å². The molecular weight excluding hydrogens is 434 g/mol. The normalized spacial score (nSPS) is 17.0. The van der Waals surface area contributed by atoms with Gasteiger partial charge in [0.05, 0.1) is 33.6 Å². The molecule has 10 heteroatoms. The predicted octanol–water partition coefficient (Wildman–Crippen LogP) is 3.65. The first-order chi connectivity index (χ1) is 15.1. The number of piperidine rings is 1. The Morgan fingerprint density at radius 1 is 1.28 bits per heavy atom. The van der Waals surface area contributed by atoms with Crippen molar-refractivity contribution in [1.29, 1.82) is 0 Å². The third-order valence-corrected chi connectivity index (χ3v) is 7.46. The number of nitro groups is 1. The highest BCUT2D eigenvalue weighted by Gasteiger charge is 2.34. The van der Waals surface area contributed by atoms with Crippen LogP contribution in [0.1, 0.15) is 30.9 Å². The van der Waals surface area contributed by atoms with Gasteiger partial charge in [-0.25, -0.2) is 8.42 Å². The van der Waals surface area contributed by atoms with Gasteiger partial charge in [0.15, 0.2) is 0 Å². The van der Waals surface area contributed by atoms with E-state index in [2.05, 4.69) is 5.32 Å². The van der Waals surface area contributed by atoms with Gasteiger partial charge in [0, 0.05) is 19.2 Å². The van der Waals surface area contributed by atoms with Crippen molar-refractivity contribution in [3.8, 4) is 5.75 Å². The standard InChI is InChI=1S/C22H27N3O6S/c1-4-31-21-11-10-18(13-15(21)2)32(29,30)24-12-6-7-17(14-24)22(26)23-19-8-5-9-20(16(19)3)25(27)28/h5,8-11,13,17H,4,6-7,12,14H2,1-3H3,(H,23,26)/t17-/m0/s1. The van der Waals surface area contributed by atoms with Crippen LogP contribution in [-0.2, 0) is 14.8 Å². The molecule has 1 heterocycles. The van der Waals surface area contributed by atoms with Crippen LogP contribution in [0.25, 0.3) is 0 Å². The minimum absolute atomic E-state index is 0.0500. The number of anilines is 1. The van der Waals surface area contributed by atoms with Crippen LogP contribution in [-0.4, -0.2) is 43.2 Å². The highest BCUT2D eigenvalue weighted by Crippen LogP contribution is 2.29. The summed E-state index contributed by atoms with van der Waals surface area (Å²) in [5, 5.41) is 13.9. The van der Waals surface area contributed by atoms with Crippen LogP contribution in [0.15, 0.2) is 41.3 Å². The molecule has 1 amide bonds. The van der Waals surface area contributed by atoms with Crippen LogP contribution < -0.4 is 10.1 Å². The fourth-order valence-electron chi connectivity index (χ4n) is 3.82. The van der Waals surface area contributed by atoms with E-state index in [1.807, 2.05) is 6.92 Å². The summed E-state index contributed by atoms with van der Waals surface area (Å²) in [6.45, 7) is 6.08. The quantitative estimate of drug-likeness (QED) is 0.497. The van der Waals surface area contributed by atoms with Gasteiger partial charge < -0.3 is 10.1 Å². The summed E-state index contributed by atoms with van der Waals surface area (Å²) in [4.78, 5) is 23.7. The second-order valence-corrected chi connectivity index (χ2v) is 9.70. The highest BCUT2D eigenvalue weighted by molar-refractivity contribution is 7.89. The smallest absolute Gasteiger partial charge is 0.274 e. The Balaban J connectivity index is 1.76. The molecule has 2 aromatic carbocycles. The van der Waals surface area contributed by atoms with E-state index >= 15 is 0 Å². The Morgan fingerprint density at radius 3 is 2.69 bits per heavy atom. The molecule has 1 atom stereocenters. The summed E-state index contributed by atoms with van der Waals surface area (Å²) in [6, 6.07) is 9.22. The molecule has 0 unspecified atom stereocenters. The minimum Gasteiger partial charge on any atom is -0.494 e. The number of sulfonamides is 1. The number of carbonyl (C=O) groups is 1. The summed E-state index contributed by atoms with van der Waals surface area (Å²) in [5.74, 6) is -0.271. The Morgan fingerprint density at radius 2 is 2.03 bits per heavy atom. The van der Waals surface area contributed by atoms with Gasteiger partial charge in [-0.2, -0.15) is 4.31 Å². The SMILES string of the molecule is CCOc1ccc(S(=O)(=O)N2CCC[C@H](C(=O)Nc3cccc([N+](=O)[O-])c3C)C2)cc1C. The van der Waals surface area contributed by atoms with Gasteiger partial charge in [0.25, 0.3) is 5.69 Å². The van der Waals surface area contributed by atoms with Gasteiger partial charge in [0.2, 0.25) is 15.9 Å². The van der Waals surface area contributed by atoms with E-state index < -0.39 is 20.9 Å². The Bertz CT molecular complexity index is 1130. The van der Waals surface area contributed by atoms with Crippen molar-refractivity contribution in [1.82, 2.24) is 4.31 Å². The van der Waals surface area contributed by atoms with Gasteiger partial charge in [0.1, 0.15) is 5.75 Å². The zero-order valence-electron chi connectivity index (χ0n) is 18.3. The first-order valence-corrected chi connectivity index (χ1v) is 11.9. The Hall–Kier alpha value is -2.98. The molecule has 0 aromatic heterocycles. The highest BCUT2D eigenvalue weighted by atomic mass is 32.2. The van der Waals surface area contributed by atoms with Gasteiger partial charge >= 0.3 is 0 Å². The summed E-state index contributed by atoms with van der Waals surface area (Å²) in [7, 11) is -3.77. The third kappa shape index (κ3) is 4.91. The monoisotopic (exact) mass is 461 g/mol. The van der Waals surface area contributed by atoms with Crippen LogP contribution >= 0.6 is 0 Å². The molecular formula is C22H27N3O6S. The average Bonchev–Trinajstić information content (AvgIpc) is 2.76. The molecule has 0 saturated carbocycles. The molecule has 3 rings (SSSR count). The van der Waals surface area contributed by atoms with E-state index in [1.54, 1.807) is 32.0 Å². The molecule has 0 aliphatic carbocycles. The first kappa shape index (κ1) is 23.7. The number of nitrogens with zero attached hydrogens (tertiary/aromatic N) is 2. The zero-order chi connectivity index (χ0) is 23.5. The lowest BCUT2D eigenvalue weighted by Gasteiger charge is -2.31. The summed E-state index contributed by atoms with van der Waals surface area (Å²) < 4.78 is 33.2. The number of benzene rings is 2. The fraction of sp³-hybridized carbons (Fsp3) is 0.409. The third-order valence-electron chi connectivity index (χ3n) is 5.60. The predicted molar refractivity (Wildman–Crippen MR) is 120 cm³/mol. The minimum atomic E-state index is -3.77. The lowest BCUT2D eigenvalue weighted by atomic mass is 9.98. The number of nitrogens with one attached hydrogen (secondary N) is 1. The summed E-state index contributed by atoms with van der Waals surface area (Å²) in [6.07, 6.45) is 1.08. The Labute approximate surface area is 187 Å². The van der Waals surface area contributed by atoms with E-state index in [-0.39, 0.29) is 23.0 Å². The maximum absolute atomic E-state index is 13.2. The number of aryl methyl sites for hydroxylation is 1. The molecule has 172 valence electrons. The van der Waals surface area contributed by atoms with Crippen LogP contribution in [0.3, 0.4) is 0 Å². The summed E-state index contributed by atoms with van der Waals surface area (Å²) in [5.41, 5.74) is 1.35. The molecule has 32 heavy (non-hydrogen) atoms. The topological polar surface area (TPSA) is 119 Å². The fourth-order valence-corrected chi connectivity index (χ4v) is 5.42. The van der Waals surface area contributed by atoms with Crippen molar-refractivity contribution in [3.05, 3.63) is 57.6 Å². The molecule has 0 bridgehead atoms. The number of ether oxygens (including phenoxy) is 1. The van der Waals surface area contributed by atoms with E-state index in [4.69, 9.17) is 4.74 Å². The van der Waals surface area contributed by atoms with Crippen molar-refractivity contribution in [3.63, 3.8) is 0 Å². The van der Waals surface area contributed by atoms with Crippen molar-refractivity contribution in [2.24, 2.45) is 5.92 Å². The van der Waals surface area contributed by atoms with E-state index in [1.165, 1.54) is 22.5 Å². The largest absolute Gasteiger partial charge is 0.494 e. The molecule has 1 saturated heterocycles. The van der Waals surface area contributed by atoms with Crippen molar-refractivity contribution in [2.75, 3.05) is 25.0 Å². The lowest BCUT2D eigenvalue weighted by molar-refractivity contribution is -0.385. The molecule has 0 radical (unpaired) electrons. The number of nitro benzene ring substituents is 1. The number of carbonyl (C=O) groups excluding carboxylic acids is 1. The second-order valence-electron chi connectivity index (χ2n) is 7.76. The van der Waals surface area contributed by atoms with Gasteiger partial charge in [-0.3, -0.25) is 14.9 Å². The Kier molecular flexibility index (Phi) is 7.15. The van der Waals surface area contributed by atoms with Crippen LogP contribution in [0.2, 0.25) is 0 Å². The van der Waals surface area contributed by atoms with Crippen LogP contribution in [0.5, 0.6) is 5.75 Å². The van der Waals surface area contributed by atoms with E-state index in [0.29, 0.717) is 43.0 Å². The molecule has 1 aliphatic heterocycles. The zero-order valence-corrected chi connectivity index (χ0v) is 19.1. The summed E-state index contributed by atoms with van der Waals surface area (Å²) >= 11 is 0. The lowest BCUT2D eigenvalue weighted by Crippen LogP contribution is -2.43. The van der Waals surface area contributed by atoms with E-state index in [0.717, 1.165) is 5.56 Å². The second kappa shape index (κ2) is 9.66. The maximum atomic E-state index is 13.2. The average molecular weight is 462 g/mol. The van der Waals surface area contributed by atoms with Crippen molar-refractivity contribution >= 4 is 27.3 Å². The molecule has 2 aromatic rings. The number of rotatable bonds is 7. The molecule has 0 spiro atoms. The van der Waals surface area contributed by atoms with Gasteiger partial charge in [-0.1, -0.05) is 6.07 Å². The first-order valence-electron chi connectivity index (χ1n) is 10.4. The van der Waals surface area contributed by atoms with Crippen molar-refractivity contribution in [2.45, 2.75) is 38.5 Å². The maximum Gasteiger partial charge on any atom is 0.274 e. The molecule has 1 fully saturated rings. The van der Waals surface area contributed by atoms with Crippen molar-refractivity contribution < 1.29 is 22.9 Å². The number of amides is 1. The molecule has 9 nitrogen and oxygen atoms in total. The molecule has 1 aliphatic rings. The van der Waals surface area contributed by atoms with Gasteiger partial charge in [-0.15, -0.1) is 0 Å². The van der Waals surface area contributed by atoms with Gasteiger partial charge in [-0.05, 0) is 63.4 Å². The van der Waals surface area contributed by atoms with E-state index in [9.17, 15) is 23.3 Å². The number of hydrogen-bond acceptors (Lipinski definition) is 6. The molecule has 1 N–H and O–H groups in total.